The Bertz CT molecular complexity index is 48.4. The third kappa shape index (κ3) is 338. The number of hydrogen-bond donors (Lipinski definition) is 2. The Hall–Kier alpha value is -0.410. The van der Waals surface area contributed by atoms with Crippen molar-refractivity contribution in [2.75, 3.05) is 6.54 Å². The van der Waals surface area contributed by atoms with Crippen LogP contribution in [0.4, 0.5) is 0 Å². The summed E-state index contributed by atoms with van der Waals surface area (Å²) in [4.78, 5) is 9.44. The Morgan fingerprint density at radius 2 is 1.75 bits per heavy atom. The zero-order chi connectivity index (χ0) is 6.99. The molecule has 50 valence electrons. The molecule has 0 unspecified atom stereocenters. The van der Waals surface area contributed by atoms with Crippen LogP contribution < -0.4 is 11.3 Å². The van der Waals surface area contributed by atoms with Gasteiger partial charge < -0.3 is 4.79 Å². The number of nitrogens with two attached hydrogens (primary N) is 1. The minimum absolute atomic E-state index is 0.167. The largest absolute Gasteiger partial charge is 0.300 e. The Balaban J connectivity index is 0. The number of ketones is 1. The molecule has 0 rings (SSSR count). The van der Waals surface area contributed by atoms with Gasteiger partial charge in [-0.05, 0) is 13.8 Å². The molecule has 0 saturated carbocycles. The molecule has 0 saturated heterocycles. The van der Waals surface area contributed by atoms with Gasteiger partial charge in [-0.25, -0.2) is 0 Å². The molecular weight excluding hydrogens is 104 g/mol. The van der Waals surface area contributed by atoms with Crippen molar-refractivity contribution in [1.82, 2.24) is 5.43 Å². The van der Waals surface area contributed by atoms with Crippen LogP contribution in [0.5, 0.6) is 0 Å². The molecule has 0 aliphatic rings. The number of carbonyl (C=O) groups excluding carboxylic acids is 1. The van der Waals surface area contributed by atoms with E-state index in [2.05, 4.69) is 5.43 Å². The molecule has 0 aliphatic carbocycles. The van der Waals surface area contributed by atoms with Crippen molar-refractivity contribution < 1.29 is 4.79 Å². The molecule has 0 aromatic rings. The molecule has 0 spiro atoms. The lowest BCUT2D eigenvalue weighted by Crippen LogP contribution is -2.20. The van der Waals surface area contributed by atoms with Crippen molar-refractivity contribution in [3.63, 3.8) is 0 Å². The van der Waals surface area contributed by atoms with Gasteiger partial charge in [-0.3, -0.25) is 11.3 Å². The maximum atomic E-state index is 9.44. The monoisotopic (exact) mass is 118 g/mol. The lowest BCUT2D eigenvalue weighted by molar-refractivity contribution is -0.114. The maximum Gasteiger partial charge on any atom is 0.126 e. The second kappa shape index (κ2) is 9.77. The first kappa shape index (κ1) is 10.5. The average Bonchev–Trinajstić information content (AvgIpc) is 1.65. The first-order chi connectivity index (χ1) is 3.65. The fourth-order valence-electron chi connectivity index (χ4n) is 0. The van der Waals surface area contributed by atoms with E-state index < -0.39 is 0 Å². The lowest BCUT2D eigenvalue weighted by atomic mass is 10.6. The van der Waals surface area contributed by atoms with Gasteiger partial charge in [0.25, 0.3) is 0 Å². The predicted molar refractivity (Wildman–Crippen MR) is 34.2 cm³/mol. The van der Waals surface area contributed by atoms with Crippen LogP contribution in [0.1, 0.15) is 20.8 Å². The number of rotatable bonds is 1. The van der Waals surface area contributed by atoms with E-state index in [0.717, 1.165) is 6.54 Å². The molecule has 3 nitrogen and oxygen atoms in total. The van der Waals surface area contributed by atoms with Gasteiger partial charge in [0.1, 0.15) is 5.78 Å². The molecule has 0 amide bonds. The number of hydrogen-bond acceptors (Lipinski definition) is 3. The van der Waals surface area contributed by atoms with Crippen LogP contribution in [0.2, 0.25) is 0 Å². The number of Topliss-reactive ketones (excluding diaryl/α,β-unsaturated/α-hetero) is 1. The van der Waals surface area contributed by atoms with Gasteiger partial charge in [0.05, 0.1) is 0 Å². The summed E-state index contributed by atoms with van der Waals surface area (Å²) in [5, 5.41) is 0. The number of carbonyl (C=O) groups is 1. The predicted octanol–water partition coefficient (Wildman–Crippen LogP) is 0.0649. The smallest absolute Gasteiger partial charge is 0.126 e. The minimum Gasteiger partial charge on any atom is -0.300 e. The van der Waals surface area contributed by atoms with E-state index in [-0.39, 0.29) is 5.78 Å². The molecule has 0 heterocycles. The fourth-order valence-corrected chi connectivity index (χ4v) is 0. The second-order valence-electron chi connectivity index (χ2n) is 1.47. The maximum absolute atomic E-state index is 9.44. The Kier molecular flexibility index (Phi) is 12.9. The highest BCUT2D eigenvalue weighted by atomic mass is 16.1. The third-order valence-corrected chi connectivity index (χ3v) is 0.204. The highest BCUT2D eigenvalue weighted by Gasteiger charge is 1.62. The molecule has 3 N–H and O–H groups in total. The van der Waals surface area contributed by atoms with E-state index in [1.165, 1.54) is 13.8 Å². The summed E-state index contributed by atoms with van der Waals surface area (Å²) in [7, 11) is 0. The molecule has 0 bridgehead atoms. The molecule has 8 heavy (non-hydrogen) atoms. The van der Waals surface area contributed by atoms with Crippen LogP contribution in [0.15, 0.2) is 0 Å². The fraction of sp³-hybridized carbons (Fsp3) is 0.800. The van der Waals surface area contributed by atoms with Crippen LogP contribution in [-0.4, -0.2) is 12.3 Å². The molecule has 0 fully saturated rings. The Morgan fingerprint density at radius 3 is 1.75 bits per heavy atom. The first-order valence-corrected chi connectivity index (χ1v) is 2.55. The van der Waals surface area contributed by atoms with Crippen LogP contribution in [-0.2, 0) is 4.79 Å². The zero-order valence-electron chi connectivity index (χ0n) is 5.69. The second-order valence-corrected chi connectivity index (χ2v) is 1.47. The van der Waals surface area contributed by atoms with Crippen molar-refractivity contribution >= 4 is 5.78 Å². The van der Waals surface area contributed by atoms with E-state index in [1.807, 2.05) is 6.92 Å². The molecule has 3 heteroatoms. The van der Waals surface area contributed by atoms with Crippen LogP contribution in [0, 0.1) is 0 Å². The number of nitrogens with one attached hydrogen (secondary N) is 1. The van der Waals surface area contributed by atoms with E-state index in [4.69, 9.17) is 5.84 Å². The molecule has 0 radical (unpaired) electrons. The summed E-state index contributed by atoms with van der Waals surface area (Å²) < 4.78 is 0. The van der Waals surface area contributed by atoms with E-state index >= 15 is 0 Å². The quantitative estimate of drug-likeness (QED) is 0.378. The van der Waals surface area contributed by atoms with Crippen LogP contribution in [0.3, 0.4) is 0 Å². The minimum atomic E-state index is 0.167. The topological polar surface area (TPSA) is 55.1 Å². The van der Waals surface area contributed by atoms with Crippen LogP contribution in [0.25, 0.3) is 0 Å². The van der Waals surface area contributed by atoms with Crippen molar-refractivity contribution in [1.29, 1.82) is 0 Å². The van der Waals surface area contributed by atoms with Crippen molar-refractivity contribution in [3.8, 4) is 0 Å². The van der Waals surface area contributed by atoms with E-state index in [1.54, 1.807) is 0 Å². The van der Waals surface area contributed by atoms with Crippen molar-refractivity contribution in [2.24, 2.45) is 5.84 Å². The lowest BCUT2D eigenvalue weighted by Gasteiger charge is -1.77. The summed E-state index contributed by atoms with van der Waals surface area (Å²) in [6, 6.07) is 0. The van der Waals surface area contributed by atoms with Gasteiger partial charge in [-0.2, -0.15) is 0 Å². The average molecular weight is 118 g/mol. The highest BCUT2D eigenvalue weighted by molar-refractivity contribution is 5.72. The summed E-state index contributed by atoms with van der Waals surface area (Å²) in [6.07, 6.45) is 0. The van der Waals surface area contributed by atoms with Gasteiger partial charge in [0.2, 0.25) is 0 Å². The Morgan fingerprint density at radius 1 is 1.62 bits per heavy atom. The van der Waals surface area contributed by atoms with Gasteiger partial charge in [0.15, 0.2) is 0 Å². The van der Waals surface area contributed by atoms with E-state index in [9.17, 15) is 4.79 Å². The summed E-state index contributed by atoms with van der Waals surface area (Å²) in [5.41, 5.74) is 2.43. The normalized spacial score (nSPS) is 7.00. The summed E-state index contributed by atoms with van der Waals surface area (Å²) >= 11 is 0. The number of hydrazine groups is 1. The van der Waals surface area contributed by atoms with Gasteiger partial charge in [-0.15, -0.1) is 0 Å². The summed E-state index contributed by atoms with van der Waals surface area (Å²) in [6.45, 7) is 5.85. The SMILES string of the molecule is CC(C)=O.CCNN. The zero-order valence-corrected chi connectivity index (χ0v) is 5.69. The van der Waals surface area contributed by atoms with E-state index in [0.29, 0.717) is 0 Å². The van der Waals surface area contributed by atoms with Crippen molar-refractivity contribution in [3.05, 3.63) is 0 Å². The molecule has 0 aromatic carbocycles. The van der Waals surface area contributed by atoms with Crippen LogP contribution >= 0.6 is 0 Å². The van der Waals surface area contributed by atoms with Gasteiger partial charge in [0, 0.05) is 6.54 Å². The highest BCUT2D eigenvalue weighted by Crippen LogP contribution is 1.50. The van der Waals surface area contributed by atoms with Gasteiger partial charge >= 0.3 is 0 Å². The summed E-state index contributed by atoms with van der Waals surface area (Å²) in [5.74, 6) is 4.94. The van der Waals surface area contributed by atoms with Gasteiger partial charge in [-0.1, -0.05) is 6.92 Å². The third-order valence-electron chi connectivity index (χ3n) is 0.204. The Labute approximate surface area is 50.2 Å². The molecule has 0 aliphatic heterocycles. The molecular formula is C5H14N2O. The first-order valence-electron chi connectivity index (χ1n) is 2.55. The standard InChI is InChI=1S/C3H6O.C2H8N2/c1-3(2)4;1-2-4-3/h1-2H3;4H,2-3H2,1H3. The van der Waals surface area contributed by atoms with Crippen molar-refractivity contribution in [2.45, 2.75) is 20.8 Å². The molecule has 0 aromatic heterocycles. The molecule has 0 atom stereocenters.